The first kappa shape index (κ1) is 25.5. The van der Waals surface area contributed by atoms with E-state index in [1.807, 2.05) is 31.2 Å². The lowest BCUT2D eigenvalue weighted by molar-refractivity contribution is 0.416. The first-order valence-corrected chi connectivity index (χ1v) is 12.1. The van der Waals surface area contributed by atoms with Gasteiger partial charge in [-0.15, -0.1) is 5.11 Å². The third-order valence-electron chi connectivity index (χ3n) is 4.92. The Labute approximate surface area is 204 Å². The minimum absolute atomic E-state index is 0.264. The molecule has 0 amide bonds. The first-order chi connectivity index (χ1) is 16.8. The van der Waals surface area contributed by atoms with Crippen LogP contribution in [-0.4, -0.2) is 33.2 Å². The van der Waals surface area contributed by atoms with Crippen LogP contribution in [-0.2, 0) is 10.1 Å². The molecular weight excluding hydrogens is 468 g/mol. The van der Waals surface area contributed by atoms with E-state index in [9.17, 15) is 8.42 Å². The summed E-state index contributed by atoms with van der Waals surface area (Å²) >= 11 is 0. The van der Waals surface area contributed by atoms with E-state index >= 15 is 0 Å². The fourth-order valence-corrected chi connectivity index (χ4v) is 3.65. The SMILES string of the molecule is CCN(CCC#N)c1ccc(N=Nc2ccc(N=Nc3cccc(S(=O)(=O)O)c3)cc2OC)cc1. The summed E-state index contributed by atoms with van der Waals surface area (Å²) in [7, 11) is -2.82. The molecule has 0 aliphatic carbocycles. The predicted molar refractivity (Wildman–Crippen MR) is 132 cm³/mol. The Balaban J connectivity index is 1.74. The summed E-state index contributed by atoms with van der Waals surface area (Å²) in [5.41, 5.74) is 2.89. The van der Waals surface area contributed by atoms with Crippen LogP contribution < -0.4 is 9.64 Å². The number of methoxy groups -OCH3 is 1. The quantitative estimate of drug-likeness (QED) is 0.252. The molecule has 0 aliphatic rings. The Morgan fingerprint density at radius 1 is 0.943 bits per heavy atom. The van der Waals surface area contributed by atoms with Crippen molar-refractivity contribution in [1.29, 1.82) is 5.26 Å². The first-order valence-electron chi connectivity index (χ1n) is 10.6. The van der Waals surface area contributed by atoms with Crippen LogP contribution in [0.1, 0.15) is 13.3 Å². The molecule has 0 radical (unpaired) electrons. The van der Waals surface area contributed by atoms with Gasteiger partial charge in [0.1, 0.15) is 11.4 Å². The van der Waals surface area contributed by atoms with Crippen molar-refractivity contribution < 1.29 is 17.7 Å². The van der Waals surface area contributed by atoms with E-state index in [4.69, 9.17) is 14.6 Å². The second-order valence-electron chi connectivity index (χ2n) is 7.23. The van der Waals surface area contributed by atoms with Crippen LogP contribution in [0.2, 0.25) is 0 Å². The Morgan fingerprint density at radius 3 is 2.23 bits per heavy atom. The molecule has 10 nitrogen and oxygen atoms in total. The average Bonchev–Trinajstić information content (AvgIpc) is 2.87. The largest absolute Gasteiger partial charge is 0.494 e. The standard InChI is InChI=1S/C24H24N6O4S/c1-3-30(15-5-14-25)21-11-8-18(9-12-21)26-29-23-13-10-20(17-24(23)34-2)28-27-19-6-4-7-22(16-19)35(31,32)33/h4,6-13,16-17H,3,5,15H2,1-2H3,(H,31,32,33). The molecule has 0 heterocycles. The van der Waals surface area contributed by atoms with E-state index in [0.29, 0.717) is 35.8 Å². The summed E-state index contributed by atoms with van der Waals surface area (Å²) in [5, 5.41) is 25.4. The molecule has 1 N–H and O–H groups in total. The molecule has 0 spiro atoms. The summed E-state index contributed by atoms with van der Waals surface area (Å²) in [4.78, 5) is 1.85. The highest BCUT2D eigenvalue weighted by Crippen LogP contribution is 2.34. The lowest BCUT2D eigenvalue weighted by atomic mass is 10.2. The summed E-state index contributed by atoms with van der Waals surface area (Å²) < 4.78 is 37.1. The normalized spacial score (nSPS) is 11.6. The minimum atomic E-state index is -4.32. The summed E-state index contributed by atoms with van der Waals surface area (Å²) in [6, 6.07) is 20.2. The van der Waals surface area contributed by atoms with Gasteiger partial charge in [0, 0.05) is 24.8 Å². The highest BCUT2D eigenvalue weighted by Gasteiger charge is 2.10. The van der Waals surface area contributed by atoms with Crippen molar-refractivity contribution in [2.45, 2.75) is 18.2 Å². The van der Waals surface area contributed by atoms with Crippen LogP contribution in [0.4, 0.5) is 28.4 Å². The second kappa shape index (κ2) is 11.8. The van der Waals surface area contributed by atoms with Crippen LogP contribution in [0.5, 0.6) is 5.75 Å². The Bertz CT molecular complexity index is 1370. The van der Waals surface area contributed by atoms with Gasteiger partial charge < -0.3 is 9.64 Å². The maximum atomic E-state index is 11.3. The molecule has 35 heavy (non-hydrogen) atoms. The van der Waals surface area contributed by atoms with Gasteiger partial charge in [-0.2, -0.15) is 29.0 Å². The van der Waals surface area contributed by atoms with Crippen LogP contribution in [0.3, 0.4) is 0 Å². The van der Waals surface area contributed by atoms with Gasteiger partial charge >= 0.3 is 0 Å². The van der Waals surface area contributed by atoms with E-state index in [-0.39, 0.29) is 10.6 Å². The highest BCUT2D eigenvalue weighted by atomic mass is 32.2. The zero-order valence-corrected chi connectivity index (χ0v) is 20.1. The smallest absolute Gasteiger partial charge is 0.294 e. The second-order valence-corrected chi connectivity index (χ2v) is 8.65. The number of anilines is 1. The molecular formula is C24H24N6O4S. The summed E-state index contributed by atoms with van der Waals surface area (Å²) in [6.07, 6.45) is 0.460. The molecule has 0 saturated heterocycles. The van der Waals surface area contributed by atoms with E-state index in [1.54, 1.807) is 24.3 Å². The number of benzene rings is 3. The number of hydrogen-bond donors (Lipinski definition) is 1. The molecule has 0 atom stereocenters. The van der Waals surface area contributed by atoms with Crippen molar-refractivity contribution in [2.24, 2.45) is 20.5 Å². The van der Waals surface area contributed by atoms with Crippen LogP contribution in [0.25, 0.3) is 0 Å². The Kier molecular flexibility index (Phi) is 8.61. The number of azo groups is 2. The van der Waals surface area contributed by atoms with Gasteiger partial charge in [-0.25, -0.2) is 0 Å². The third-order valence-corrected chi connectivity index (χ3v) is 5.77. The van der Waals surface area contributed by atoms with Gasteiger partial charge in [-0.05, 0) is 61.5 Å². The molecule has 0 unspecified atom stereocenters. The predicted octanol–water partition coefficient (Wildman–Crippen LogP) is 6.51. The van der Waals surface area contributed by atoms with Crippen LogP contribution in [0, 0.1) is 11.3 Å². The maximum Gasteiger partial charge on any atom is 0.294 e. The number of ether oxygens (including phenoxy) is 1. The molecule has 3 aromatic carbocycles. The molecule has 3 aromatic rings. The molecule has 0 saturated carbocycles. The highest BCUT2D eigenvalue weighted by molar-refractivity contribution is 7.85. The third kappa shape index (κ3) is 7.17. The number of hydrogen-bond acceptors (Lipinski definition) is 9. The molecule has 0 bridgehead atoms. The van der Waals surface area contributed by atoms with Gasteiger partial charge in [0.15, 0.2) is 0 Å². The zero-order chi connectivity index (χ0) is 25.3. The topological polar surface area (TPSA) is 140 Å². The van der Waals surface area contributed by atoms with Crippen molar-refractivity contribution >= 4 is 38.6 Å². The fraction of sp³-hybridized carbons (Fsp3) is 0.208. The van der Waals surface area contributed by atoms with E-state index in [2.05, 4.69) is 31.4 Å². The average molecular weight is 493 g/mol. The molecule has 180 valence electrons. The molecule has 11 heteroatoms. The summed E-state index contributed by atoms with van der Waals surface area (Å²) in [5.74, 6) is 0.433. The Morgan fingerprint density at radius 2 is 1.60 bits per heavy atom. The van der Waals surface area contributed by atoms with Crippen molar-refractivity contribution in [3.8, 4) is 11.8 Å². The van der Waals surface area contributed by atoms with Crippen LogP contribution >= 0.6 is 0 Å². The van der Waals surface area contributed by atoms with E-state index < -0.39 is 10.1 Å². The van der Waals surface area contributed by atoms with Gasteiger partial charge in [0.05, 0.1) is 41.6 Å². The van der Waals surface area contributed by atoms with E-state index in [0.717, 1.165) is 12.2 Å². The summed E-state index contributed by atoms with van der Waals surface area (Å²) in [6.45, 7) is 3.51. The van der Waals surface area contributed by atoms with Crippen molar-refractivity contribution in [2.75, 3.05) is 25.1 Å². The minimum Gasteiger partial charge on any atom is -0.494 e. The van der Waals surface area contributed by atoms with Gasteiger partial charge in [0.2, 0.25) is 0 Å². The van der Waals surface area contributed by atoms with Crippen molar-refractivity contribution in [1.82, 2.24) is 0 Å². The fourth-order valence-electron chi connectivity index (χ4n) is 3.13. The lowest BCUT2D eigenvalue weighted by Crippen LogP contribution is -2.23. The number of rotatable bonds is 10. The molecule has 0 fully saturated rings. The Hall–Kier alpha value is -4.14. The lowest BCUT2D eigenvalue weighted by Gasteiger charge is -2.21. The van der Waals surface area contributed by atoms with E-state index in [1.165, 1.54) is 25.3 Å². The van der Waals surface area contributed by atoms with Gasteiger partial charge in [-0.1, -0.05) is 6.07 Å². The number of nitriles is 1. The van der Waals surface area contributed by atoms with Crippen molar-refractivity contribution in [3.05, 3.63) is 66.7 Å². The monoisotopic (exact) mass is 492 g/mol. The van der Waals surface area contributed by atoms with Gasteiger partial charge in [0.25, 0.3) is 10.1 Å². The van der Waals surface area contributed by atoms with Crippen LogP contribution in [0.15, 0.2) is 92.1 Å². The molecule has 0 aliphatic heterocycles. The number of nitrogens with zero attached hydrogens (tertiary/aromatic N) is 6. The van der Waals surface area contributed by atoms with Crippen molar-refractivity contribution in [3.63, 3.8) is 0 Å². The maximum absolute atomic E-state index is 11.3. The molecule has 0 aromatic heterocycles. The zero-order valence-electron chi connectivity index (χ0n) is 19.2. The molecule has 3 rings (SSSR count). The van der Waals surface area contributed by atoms with Gasteiger partial charge in [-0.3, -0.25) is 4.55 Å².